The van der Waals surface area contributed by atoms with E-state index in [1.807, 2.05) is 35.2 Å². The van der Waals surface area contributed by atoms with E-state index in [1.54, 1.807) is 0 Å². The minimum atomic E-state index is -0.190. The number of hydrogen-bond donors (Lipinski definition) is 0. The molecular formula is C22H26N2O2. The topological polar surface area (TPSA) is 49.7 Å². The third-order valence-corrected chi connectivity index (χ3v) is 5.27. The number of benzene rings is 2. The van der Waals surface area contributed by atoms with Crippen LogP contribution >= 0.6 is 0 Å². The number of rotatable bonds is 6. The fourth-order valence-electron chi connectivity index (χ4n) is 3.81. The van der Waals surface area contributed by atoms with Gasteiger partial charge in [0.2, 0.25) is 5.91 Å². The molecule has 4 nitrogen and oxygen atoms in total. The molecule has 136 valence electrons. The maximum Gasteiger partial charge on any atom is 0.228 e. The summed E-state index contributed by atoms with van der Waals surface area (Å²) in [7, 11) is 0. The van der Waals surface area contributed by atoms with Gasteiger partial charge in [-0.3, -0.25) is 4.79 Å². The number of amides is 1. The monoisotopic (exact) mass is 350 g/mol. The zero-order chi connectivity index (χ0) is 18.7. The van der Waals surface area contributed by atoms with Crippen LogP contribution in [0.2, 0.25) is 0 Å². The Bertz CT molecular complexity index is 812. The van der Waals surface area contributed by atoms with Gasteiger partial charge >= 0.3 is 0 Å². The smallest absolute Gasteiger partial charge is 0.228 e. The number of nitroso groups, excluding NO2 is 1. The maximum absolute atomic E-state index is 12.9. The number of carbonyl (C=O) groups excluding carboxylic acids is 1. The van der Waals surface area contributed by atoms with Gasteiger partial charge in [-0.1, -0.05) is 62.3 Å². The summed E-state index contributed by atoms with van der Waals surface area (Å²) >= 11 is 0. The number of nitrogens with zero attached hydrogens (tertiary/aromatic N) is 2. The lowest BCUT2D eigenvalue weighted by Gasteiger charge is -2.39. The Hall–Kier alpha value is -2.49. The van der Waals surface area contributed by atoms with Crippen LogP contribution in [-0.2, 0) is 29.6 Å². The minimum absolute atomic E-state index is 0.148. The first-order valence-corrected chi connectivity index (χ1v) is 9.26. The van der Waals surface area contributed by atoms with Crippen molar-refractivity contribution >= 4 is 11.6 Å². The molecule has 3 rings (SSSR count). The second kappa shape index (κ2) is 7.40. The molecule has 1 heterocycles. The first kappa shape index (κ1) is 18.3. The van der Waals surface area contributed by atoms with E-state index >= 15 is 0 Å². The average Bonchev–Trinajstić information content (AvgIpc) is 2.63. The summed E-state index contributed by atoms with van der Waals surface area (Å²) in [4.78, 5) is 25.4. The molecule has 1 aliphatic heterocycles. The summed E-state index contributed by atoms with van der Waals surface area (Å²) in [5.74, 6) is 0.148. The first-order chi connectivity index (χ1) is 12.5. The van der Waals surface area contributed by atoms with Gasteiger partial charge in [0.25, 0.3) is 0 Å². The van der Waals surface area contributed by atoms with E-state index in [1.165, 1.54) is 11.1 Å². The summed E-state index contributed by atoms with van der Waals surface area (Å²) in [6.45, 7) is 7.23. The van der Waals surface area contributed by atoms with Gasteiger partial charge in [0, 0.05) is 17.5 Å². The molecule has 0 unspecified atom stereocenters. The fraction of sp³-hybridized carbons (Fsp3) is 0.409. The van der Waals surface area contributed by atoms with Gasteiger partial charge in [-0.15, -0.1) is 0 Å². The highest BCUT2D eigenvalue weighted by molar-refractivity contribution is 5.98. The second-order valence-corrected chi connectivity index (χ2v) is 7.62. The first-order valence-electron chi connectivity index (χ1n) is 9.26. The molecule has 0 aliphatic carbocycles. The molecular weight excluding hydrogens is 324 g/mol. The average molecular weight is 350 g/mol. The highest BCUT2D eigenvalue weighted by atomic mass is 16.3. The number of hydrogen-bond acceptors (Lipinski definition) is 3. The van der Waals surface area contributed by atoms with Crippen LogP contribution in [0.3, 0.4) is 0 Å². The van der Waals surface area contributed by atoms with E-state index in [2.05, 4.69) is 38.1 Å². The van der Waals surface area contributed by atoms with Crippen LogP contribution < -0.4 is 4.90 Å². The summed E-state index contributed by atoms with van der Waals surface area (Å²) in [6, 6.07) is 14.4. The van der Waals surface area contributed by atoms with Crippen LogP contribution in [0.1, 0.15) is 49.4 Å². The Morgan fingerprint density at radius 3 is 2.50 bits per heavy atom. The Kier molecular flexibility index (Phi) is 5.21. The SMILES string of the molecule is CCc1cc2c(cc1CCN=O)N(Cc1ccccc1)C(=O)CC2(C)C. The van der Waals surface area contributed by atoms with Crippen LogP contribution in [0.4, 0.5) is 5.69 Å². The van der Waals surface area contributed by atoms with Crippen molar-refractivity contribution in [3.8, 4) is 0 Å². The summed E-state index contributed by atoms with van der Waals surface area (Å²) in [6.07, 6.45) is 2.03. The Labute approximate surface area is 155 Å². The lowest BCUT2D eigenvalue weighted by Crippen LogP contribution is -2.41. The third kappa shape index (κ3) is 3.55. The molecule has 4 heteroatoms. The van der Waals surface area contributed by atoms with Gasteiger partial charge in [-0.25, -0.2) is 0 Å². The standard InChI is InChI=1S/C22H26N2O2/c1-4-17-12-19-20(13-18(17)10-11-23-26)24(21(25)14-22(19,2)3)15-16-8-6-5-7-9-16/h5-9,12-13H,4,10-11,14-15H2,1-3H3. The molecule has 2 aromatic carbocycles. The van der Waals surface area contributed by atoms with Crippen LogP contribution in [0.15, 0.2) is 47.6 Å². The number of fused-ring (bicyclic) bond motifs is 1. The normalized spacial score (nSPS) is 15.7. The van der Waals surface area contributed by atoms with Crippen molar-refractivity contribution in [3.63, 3.8) is 0 Å². The van der Waals surface area contributed by atoms with Gasteiger partial charge in [0.15, 0.2) is 0 Å². The van der Waals surface area contributed by atoms with Crippen molar-refractivity contribution in [3.05, 3.63) is 69.6 Å². The lowest BCUT2D eigenvalue weighted by molar-refractivity contribution is -0.120. The van der Waals surface area contributed by atoms with Gasteiger partial charge in [0.05, 0.1) is 13.1 Å². The molecule has 0 saturated carbocycles. The minimum Gasteiger partial charge on any atom is -0.308 e. The lowest BCUT2D eigenvalue weighted by atomic mass is 9.75. The molecule has 0 atom stereocenters. The van der Waals surface area contributed by atoms with E-state index in [4.69, 9.17) is 0 Å². The highest BCUT2D eigenvalue weighted by Crippen LogP contribution is 2.42. The highest BCUT2D eigenvalue weighted by Gasteiger charge is 2.37. The molecule has 1 amide bonds. The Morgan fingerprint density at radius 2 is 1.85 bits per heavy atom. The van der Waals surface area contributed by atoms with Crippen LogP contribution in [0, 0.1) is 4.91 Å². The van der Waals surface area contributed by atoms with Crippen molar-refractivity contribution in [1.82, 2.24) is 0 Å². The van der Waals surface area contributed by atoms with E-state index in [0.717, 1.165) is 23.2 Å². The van der Waals surface area contributed by atoms with Gasteiger partial charge in [-0.05, 0) is 41.2 Å². The van der Waals surface area contributed by atoms with Crippen molar-refractivity contribution in [1.29, 1.82) is 0 Å². The number of anilines is 1. The summed E-state index contributed by atoms with van der Waals surface area (Å²) in [5.41, 5.74) is 5.48. The zero-order valence-corrected chi connectivity index (χ0v) is 15.8. The van der Waals surface area contributed by atoms with Crippen molar-refractivity contribution in [2.24, 2.45) is 5.18 Å². The van der Waals surface area contributed by atoms with Crippen LogP contribution in [0.25, 0.3) is 0 Å². The quantitative estimate of drug-likeness (QED) is 0.705. The fourth-order valence-corrected chi connectivity index (χ4v) is 3.81. The molecule has 1 aliphatic rings. The molecule has 0 bridgehead atoms. The zero-order valence-electron chi connectivity index (χ0n) is 15.8. The molecule has 0 spiro atoms. The number of aryl methyl sites for hydroxylation is 1. The maximum atomic E-state index is 12.9. The third-order valence-electron chi connectivity index (χ3n) is 5.27. The van der Waals surface area contributed by atoms with Crippen LogP contribution in [-0.4, -0.2) is 12.5 Å². The van der Waals surface area contributed by atoms with Crippen molar-refractivity contribution in [2.75, 3.05) is 11.4 Å². The largest absolute Gasteiger partial charge is 0.308 e. The van der Waals surface area contributed by atoms with Crippen molar-refractivity contribution in [2.45, 2.75) is 52.0 Å². The molecule has 0 saturated heterocycles. The Balaban J connectivity index is 2.08. The van der Waals surface area contributed by atoms with E-state index in [-0.39, 0.29) is 17.9 Å². The molecule has 2 aromatic rings. The Morgan fingerprint density at radius 1 is 1.12 bits per heavy atom. The molecule has 26 heavy (non-hydrogen) atoms. The molecule has 0 fully saturated rings. The predicted molar refractivity (Wildman–Crippen MR) is 105 cm³/mol. The van der Waals surface area contributed by atoms with E-state index < -0.39 is 0 Å². The van der Waals surface area contributed by atoms with Gasteiger partial charge < -0.3 is 4.90 Å². The van der Waals surface area contributed by atoms with Crippen LogP contribution in [0.5, 0.6) is 0 Å². The summed E-state index contributed by atoms with van der Waals surface area (Å²) < 4.78 is 0. The van der Waals surface area contributed by atoms with Gasteiger partial charge in [-0.2, -0.15) is 4.91 Å². The molecule has 0 radical (unpaired) electrons. The molecule has 0 aromatic heterocycles. The van der Waals surface area contributed by atoms with E-state index in [9.17, 15) is 9.70 Å². The summed E-state index contributed by atoms with van der Waals surface area (Å²) in [5, 5.41) is 3.02. The predicted octanol–water partition coefficient (Wildman–Crippen LogP) is 4.77. The molecule has 0 N–H and O–H groups in total. The number of carbonyl (C=O) groups is 1. The van der Waals surface area contributed by atoms with Gasteiger partial charge in [0.1, 0.15) is 0 Å². The second-order valence-electron chi connectivity index (χ2n) is 7.62. The van der Waals surface area contributed by atoms with E-state index in [0.29, 0.717) is 19.4 Å². The van der Waals surface area contributed by atoms with Crippen molar-refractivity contribution < 1.29 is 4.79 Å².